The van der Waals surface area contributed by atoms with E-state index in [1.165, 1.54) is 23.8 Å². The number of hydrogen-bond acceptors (Lipinski definition) is 2. The van der Waals surface area contributed by atoms with Crippen molar-refractivity contribution < 1.29 is 0 Å². The van der Waals surface area contributed by atoms with E-state index in [2.05, 4.69) is 36.2 Å². The molecular weight excluding hydrogens is 220 g/mol. The maximum atomic E-state index is 6.12. The molecule has 0 amide bonds. The van der Waals surface area contributed by atoms with Gasteiger partial charge in [0.2, 0.25) is 0 Å². The van der Waals surface area contributed by atoms with Gasteiger partial charge in [-0.25, -0.2) is 0 Å². The molecule has 1 aromatic heterocycles. The zero-order chi connectivity index (χ0) is 12.5. The van der Waals surface area contributed by atoms with Gasteiger partial charge in [0, 0.05) is 17.6 Å². The molecule has 1 saturated carbocycles. The van der Waals surface area contributed by atoms with Gasteiger partial charge in [-0.2, -0.15) is 0 Å². The second kappa shape index (κ2) is 4.69. The first-order valence-electron chi connectivity index (χ1n) is 6.84. The minimum absolute atomic E-state index is 0.392. The summed E-state index contributed by atoms with van der Waals surface area (Å²) in [6, 6.07) is 11.0. The molecule has 0 spiro atoms. The number of hydrogen-bond donors (Lipinski definition) is 1. The summed E-state index contributed by atoms with van der Waals surface area (Å²) in [6.45, 7) is 2.30. The van der Waals surface area contributed by atoms with Crippen LogP contribution in [0.3, 0.4) is 0 Å². The van der Waals surface area contributed by atoms with Gasteiger partial charge in [-0.05, 0) is 48.8 Å². The quantitative estimate of drug-likeness (QED) is 0.875. The molecule has 1 aliphatic carbocycles. The average Bonchev–Trinajstić information content (AvgIpc) is 2.71. The number of rotatable bonds is 2. The van der Waals surface area contributed by atoms with Crippen molar-refractivity contribution in [2.45, 2.75) is 32.2 Å². The van der Waals surface area contributed by atoms with Crippen LogP contribution in [0.1, 0.15) is 25.3 Å². The summed E-state index contributed by atoms with van der Waals surface area (Å²) < 4.78 is 0. The van der Waals surface area contributed by atoms with E-state index in [1.807, 2.05) is 12.3 Å². The zero-order valence-electron chi connectivity index (χ0n) is 10.8. The molecule has 18 heavy (non-hydrogen) atoms. The summed E-state index contributed by atoms with van der Waals surface area (Å²) in [6.07, 6.45) is 5.50. The SMILES string of the molecule is CC1C(N)CCC1Cc1ccnc2ccccc12. The van der Waals surface area contributed by atoms with Gasteiger partial charge in [-0.15, -0.1) is 0 Å². The van der Waals surface area contributed by atoms with Gasteiger partial charge in [0.05, 0.1) is 5.52 Å². The predicted octanol–water partition coefficient (Wildman–Crippen LogP) is 3.15. The molecule has 3 unspecified atom stereocenters. The normalized spacial score (nSPS) is 27.8. The van der Waals surface area contributed by atoms with E-state index in [1.54, 1.807) is 0 Å². The standard InChI is InChI=1S/C16H20N2/c1-11-12(6-7-15(11)17)10-13-8-9-18-16-5-3-2-4-14(13)16/h2-5,8-9,11-12,15H,6-7,10,17H2,1H3. The number of benzene rings is 1. The molecule has 3 atom stereocenters. The number of aromatic nitrogens is 1. The van der Waals surface area contributed by atoms with Crippen LogP contribution < -0.4 is 5.73 Å². The van der Waals surface area contributed by atoms with Crippen LogP contribution in [-0.2, 0) is 6.42 Å². The van der Waals surface area contributed by atoms with Crippen LogP contribution >= 0.6 is 0 Å². The van der Waals surface area contributed by atoms with Gasteiger partial charge in [0.25, 0.3) is 0 Å². The third-order valence-electron chi connectivity index (χ3n) is 4.51. The Balaban J connectivity index is 1.91. The van der Waals surface area contributed by atoms with E-state index < -0.39 is 0 Å². The Morgan fingerprint density at radius 2 is 2.06 bits per heavy atom. The number of nitrogens with zero attached hydrogens (tertiary/aromatic N) is 1. The molecule has 3 rings (SSSR count). The summed E-state index contributed by atoms with van der Waals surface area (Å²) in [7, 11) is 0. The summed E-state index contributed by atoms with van der Waals surface area (Å²) in [4.78, 5) is 4.43. The van der Waals surface area contributed by atoms with Crippen molar-refractivity contribution in [1.82, 2.24) is 4.98 Å². The first-order chi connectivity index (χ1) is 8.75. The van der Waals surface area contributed by atoms with Crippen LogP contribution in [0, 0.1) is 11.8 Å². The summed E-state index contributed by atoms with van der Waals surface area (Å²) in [5, 5.41) is 1.30. The van der Waals surface area contributed by atoms with Crippen molar-refractivity contribution in [2.75, 3.05) is 0 Å². The summed E-state index contributed by atoms with van der Waals surface area (Å²) in [5.41, 5.74) is 8.65. The Hall–Kier alpha value is -1.41. The first kappa shape index (κ1) is 11.7. The monoisotopic (exact) mass is 240 g/mol. The Kier molecular flexibility index (Phi) is 3.04. The lowest BCUT2D eigenvalue weighted by molar-refractivity contribution is 0.391. The molecule has 2 N–H and O–H groups in total. The van der Waals surface area contributed by atoms with Gasteiger partial charge in [-0.3, -0.25) is 4.98 Å². The number of para-hydroxylation sites is 1. The highest BCUT2D eigenvalue weighted by Crippen LogP contribution is 2.34. The van der Waals surface area contributed by atoms with E-state index in [9.17, 15) is 0 Å². The van der Waals surface area contributed by atoms with Gasteiger partial charge < -0.3 is 5.73 Å². The molecule has 1 heterocycles. The highest BCUT2D eigenvalue weighted by molar-refractivity contribution is 5.81. The molecule has 1 aromatic carbocycles. The van der Waals surface area contributed by atoms with Crippen molar-refractivity contribution >= 4 is 10.9 Å². The highest BCUT2D eigenvalue weighted by Gasteiger charge is 2.30. The smallest absolute Gasteiger partial charge is 0.0704 e. The second-order valence-electron chi connectivity index (χ2n) is 5.55. The van der Waals surface area contributed by atoms with Crippen LogP contribution in [0.25, 0.3) is 10.9 Å². The van der Waals surface area contributed by atoms with Crippen LogP contribution in [0.2, 0.25) is 0 Å². The van der Waals surface area contributed by atoms with Gasteiger partial charge in [-0.1, -0.05) is 25.1 Å². The van der Waals surface area contributed by atoms with Crippen LogP contribution in [-0.4, -0.2) is 11.0 Å². The Morgan fingerprint density at radius 1 is 1.22 bits per heavy atom. The third kappa shape index (κ3) is 2.01. The van der Waals surface area contributed by atoms with Crippen molar-refractivity contribution in [1.29, 1.82) is 0 Å². The maximum absolute atomic E-state index is 6.12. The second-order valence-corrected chi connectivity index (χ2v) is 5.55. The molecule has 0 aliphatic heterocycles. The van der Waals surface area contributed by atoms with Crippen LogP contribution in [0.15, 0.2) is 36.5 Å². The van der Waals surface area contributed by atoms with E-state index >= 15 is 0 Å². The third-order valence-corrected chi connectivity index (χ3v) is 4.51. The van der Waals surface area contributed by atoms with Gasteiger partial charge >= 0.3 is 0 Å². The first-order valence-corrected chi connectivity index (χ1v) is 6.84. The minimum Gasteiger partial charge on any atom is -0.327 e. The van der Waals surface area contributed by atoms with Crippen molar-refractivity contribution in [2.24, 2.45) is 17.6 Å². The van der Waals surface area contributed by atoms with Crippen molar-refractivity contribution in [3.05, 3.63) is 42.1 Å². The molecule has 0 saturated heterocycles. The number of fused-ring (bicyclic) bond motifs is 1. The minimum atomic E-state index is 0.392. The van der Waals surface area contributed by atoms with E-state index in [0.29, 0.717) is 12.0 Å². The van der Waals surface area contributed by atoms with Crippen molar-refractivity contribution in [3.8, 4) is 0 Å². The van der Waals surface area contributed by atoms with Crippen LogP contribution in [0.5, 0.6) is 0 Å². The van der Waals surface area contributed by atoms with Gasteiger partial charge in [0.15, 0.2) is 0 Å². The fourth-order valence-electron chi connectivity index (χ4n) is 3.19. The average molecular weight is 240 g/mol. The van der Waals surface area contributed by atoms with E-state index in [0.717, 1.165) is 17.9 Å². The maximum Gasteiger partial charge on any atom is 0.0704 e. The van der Waals surface area contributed by atoms with Crippen LogP contribution in [0.4, 0.5) is 0 Å². The zero-order valence-corrected chi connectivity index (χ0v) is 10.8. The topological polar surface area (TPSA) is 38.9 Å². The Morgan fingerprint density at radius 3 is 2.83 bits per heavy atom. The fraction of sp³-hybridized carbons (Fsp3) is 0.438. The predicted molar refractivity (Wildman–Crippen MR) is 75.3 cm³/mol. The lowest BCUT2D eigenvalue weighted by Gasteiger charge is -2.18. The molecule has 1 fully saturated rings. The van der Waals surface area contributed by atoms with E-state index in [-0.39, 0.29) is 0 Å². The lowest BCUT2D eigenvalue weighted by atomic mass is 9.89. The number of pyridine rings is 1. The van der Waals surface area contributed by atoms with Crippen molar-refractivity contribution in [3.63, 3.8) is 0 Å². The highest BCUT2D eigenvalue weighted by atomic mass is 14.7. The fourth-order valence-corrected chi connectivity index (χ4v) is 3.19. The Labute approximate surface area is 108 Å². The largest absolute Gasteiger partial charge is 0.327 e. The van der Waals surface area contributed by atoms with E-state index in [4.69, 9.17) is 5.73 Å². The number of nitrogens with two attached hydrogens (primary N) is 1. The molecule has 0 radical (unpaired) electrons. The molecule has 2 nitrogen and oxygen atoms in total. The molecule has 1 aliphatic rings. The van der Waals surface area contributed by atoms with Gasteiger partial charge in [0.1, 0.15) is 0 Å². The summed E-state index contributed by atoms with van der Waals surface area (Å²) >= 11 is 0. The molecular formula is C16H20N2. The molecule has 2 aromatic rings. The molecule has 2 heteroatoms. The Bertz CT molecular complexity index is 544. The molecule has 0 bridgehead atoms. The molecule has 94 valence electrons. The summed E-state index contributed by atoms with van der Waals surface area (Å²) in [5.74, 6) is 1.36. The lowest BCUT2D eigenvalue weighted by Crippen LogP contribution is -2.25.